The number of hydrogen-bond acceptors (Lipinski definition) is 2. The lowest BCUT2D eigenvalue weighted by Gasteiger charge is -2.22. The Morgan fingerprint density at radius 2 is 2.12 bits per heavy atom. The lowest BCUT2D eigenvalue weighted by atomic mass is 10.1. The molecule has 2 nitrogen and oxygen atoms in total. The Morgan fingerprint density at radius 1 is 1.35 bits per heavy atom. The van der Waals surface area contributed by atoms with Crippen LogP contribution >= 0.6 is 23.2 Å². The average molecular weight is 274 g/mol. The van der Waals surface area contributed by atoms with Gasteiger partial charge in [0.05, 0.1) is 16.1 Å². The van der Waals surface area contributed by atoms with Crippen molar-refractivity contribution in [2.45, 2.75) is 38.5 Å². The molecular weight excluding hydrogens is 257 g/mol. The van der Waals surface area contributed by atoms with Crippen LogP contribution in [0.1, 0.15) is 31.9 Å². The summed E-state index contributed by atoms with van der Waals surface area (Å²) < 4.78 is 5.54. The average Bonchev–Trinajstić information content (AvgIpc) is 2.68. The Balaban J connectivity index is 2.03. The number of ether oxygens (including phenoxy) is 1. The molecule has 0 amide bonds. The van der Waals surface area contributed by atoms with Gasteiger partial charge >= 0.3 is 0 Å². The summed E-state index contributed by atoms with van der Waals surface area (Å²) in [5.74, 6) is 0. The molecule has 0 aromatic heterocycles. The van der Waals surface area contributed by atoms with E-state index in [1.54, 1.807) is 0 Å². The van der Waals surface area contributed by atoms with Crippen molar-refractivity contribution in [1.82, 2.24) is 5.32 Å². The molecule has 3 atom stereocenters. The van der Waals surface area contributed by atoms with Gasteiger partial charge in [0.25, 0.3) is 0 Å². The van der Waals surface area contributed by atoms with Crippen LogP contribution in [0.25, 0.3) is 0 Å². The molecule has 1 aromatic rings. The first kappa shape index (κ1) is 13.2. The van der Waals surface area contributed by atoms with E-state index in [4.69, 9.17) is 27.9 Å². The van der Waals surface area contributed by atoms with Crippen molar-refractivity contribution in [2.24, 2.45) is 0 Å². The molecule has 2 rings (SSSR count). The van der Waals surface area contributed by atoms with E-state index in [9.17, 15) is 0 Å². The maximum absolute atomic E-state index is 6.02. The van der Waals surface area contributed by atoms with Crippen LogP contribution in [-0.2, 0) is 4.74 Å². The van der Waals surface area contributed by atoms with Gasteiger partial charge in [-0.3, -0.25) is 0 Å². The molecule has 3 unspecified atom stereocenters. The van der Waals surface area contributed by atoms with Gasteiger partial charge in [0.1, 0.15) is 0 Å². The topological polar surface area (TPSA) is 21.3 Å². The van der Waals surface area contributed by atoms with E-state index < -0.39 is 0 Å². The zero-order chi connectivity index (χ0) is 12.4. The highest BCUT2D eigenvalue weighted by Crippen LogP contribution is 2.26. The molecule has 0 aliphatic carbocycles. The minimum absolute atomic E-state index is 0.249. The fraction of sp³-hybridized carbons (Fsp3) is 0.538. The molecule has 0 radical (unpaired) electrons. The van der Waals surface area contributed by atoms with Gasteiger partial charge in [0.15, 0.2) is 0 Å². The molecule has 1 N–H and O–H groups in total. The molecule has 0 spiro atoms. The Kier molecular flexibility index (Phi) is 4.31. The van der Waals surface area contributed by atoms with Crippen LogP contribution in [-0.4, -0.2) is 18.8 Å². The summed E-state index contributed by atoms with van der Waals surface area (Å²) in [6.07, 6.45) is 1.34. The van der Waals surface area contributed by atoms with Gasteiger partial charge < -0.3 is 10.1 Å². The van der Waals surface area contributed by atoms with Crippen LogP contribution < -0.4 is 5.32 Å². The third kappa shape index (κ3) is 3.14. The summed E-state index contributed by atoms with van der Waals surface area (Å²) in [5.41, 5.74) is 1.15. The van der Waals surface area contributed by atoms with Crippen molar-refractivity contribution >= 4 is 23.2 Å². The van der Waals surface area contributed by atoms with E-state index in [0.29, 0.717) is 16.1 Å². The predicted octanol–water partition coefficient (Wildman–Crippen LogP) is 3.82. The van der Waals surface area contributed by atoms with Crippen LogP contribution in [0.2, 0.25) is 10.0 Å². The molecule has 0 saturated carbocycles. The van der Waals surface area contributed by atoms with Crippen molar-refractivity contribution in [3.8, 4) is 0 Å². The third-order valence-corrected chi connectivity index (χ3v) is 4.02. The zero-order valence-corrected chi connectivity index (χ0v) is 11.6. The van der Waals surface area contributed by atoms with Crippen molar-refractivity contribution in [3.63, 3.8) is 0 Å². The van der Waals surface area contributed by atoms with E-state index in [2.05, 4.69) is 19.2 Å². The van der Waals surface area contributed by atoms with E-state index in [1.807, 2.05) is 18.2 Å². The molecule has 4 heteroatoms. The molecule has 1 fully saturated rings. The van der Waals surface area contributed by atoms with Gasteiger partial charge in [0, 0.05) is 18.7 Å². The maximum Gasteiger partial charge on any atom is 0.0700 e. The molecule has 1 aliphatic rings. The standard InChI is InChI=1S/C13H17Cl2NO/c1-8(16-13-5-6-17-9(13)2)10-3-4-11(14)12(15)7-10/h3-4,7-9,13,16H,5-6H2,1-2H3. The molecule has 1 heterocycles. The lowest BCUT2D eigenvalue weighted by molar-refractivity contribution is 0.111. The van der Waals surface area contributed by atoms with Gasteiger partial charge in [-0.05, 0) is 38.0 Å². The normalized spacial score (nSPS) is 26.1. The van der Waals surface area contributed by atoms with E-state index >= 15 is 0 Å². The first-order valence-corrected chi connectivity index (χ1v) is 6.66. The van der Waals surface area contributed by atoms with Crippen LogP contribution in [0.15, 0.2) is 18.2 Å². The largest absolute Gasteiger partial charge is 0.377 e. The molecule has 1 aliphatic heterocycles. The molecule has 94 valence electrons. The van der Waals surface area contributed by atoms with Crippen molar-refractivity contribution in [1.29, 1.82) is 0 Å². The van der Waals surface area contributed by atoms with Gasteiger partial charge in [-0.2, -0.15) is 0 Å². The second-order valence-electron chi connectivity index (χ2n) is 4.53. The Bertz CT molecular complexity index is 397. The fourth-order valence-electron chi connectivity index (χ4n) is 2.15. The van der Waals surface area contributed by atoms with Crippen LogP contribution in [0.4, 0.5) is 0 Å². The highest BCUT2D eigenvalue weighted by atomic mass is 35.5. The molecule has 1 aromatic carbocycles. The van der Waals surface area contributed by atoms with Crippen molar-refractivity contribution in [2.75, 3.05) is 6.61 Å². The van der Waals surface area contributed by atoms with Gasteiger partial charge in [-0.1, -0.05) is 29.3 Å². The van der Waals surface area contributed by atoms with Crippen molar-refractivity contribution < 1.29 is 4.74 Å². The second kappa shape index (κ2) is 5.57. The first-order chi connectivity index (χ1) is 8.08. The molecule has 0 bridgehead atoms. The number of benzene rings is 1. The second-order valence-corrected chi connectivity index (χ2v) is 5.35. The summed E-state index contributed by atoms with van der Waals surface area (Å²) in [5, 5.41) is 4.77. The number of nitrogens with one attached hydrogen (secondary N) is 1. The fourth-order valence-corrected chi connectivity index (χ4v) is 2.46. The summed E-state index contributed by atoms with van der Waals surface area (Å²) in [6, 6.07) is 6.43. The summed E-state index contributed by atoms with van der Waals surface area (Å²) in [6.45, 7) is 5.07. The maximum atomic E-state index is 6.02. The Labute approximate surface area is 112 Å². The zero-order valence-electron chi connectivity index (χ0n) is 10.0. The van der Waals surface area contributed by atoms with E-state index in [-0.39, 0.29) is 12.1 Å². The number of rotatable bonds is 3. The Hall–Kier alpha value is -0.280. The summed E-state index contributed by atoms with van der Waals surface area (Å²) >= 11 is 11.9. The summed E-state index contributed by atoms with van der Waals surface area (Å²) in [4.78, 5) is 0. The monoisotopic (exact) mass is 273 g/mol. The minimum Gasteiger partial charge on any atom is -0.377 e. The van der Waals surface area contributed by atoms with E-state index in [1.165, 1.54) is 0 Å². The lowest BCUT2D eigenvalue weighted by Crippen LogP contribution is -2.36. The Morgan fingerprint density at radius 3 is 2.71 bits per heavy atom. The van der Waals surface area contributed by atoms with Crippen LogP contribution in [0.3, 0.4) is 0 Å². The van der Waals surface area contributed by atoms with Gasteiger partial charge in [-0.25, -0.2) is 0 Å². The van der Waals surface area contributed by atoms with Crippen LogP contribution in [0.5, 0.6) is 0 Å². The molecule has 1 saturated heterocycles. The molecular formula is C13H17Cl2NO. The number of halogens is 2. The predicted molar refractivity (Wildman–Crippen MR) is 71.8 cm³/mol. The first-order valence-electron chi connectivity index (χ1n) is 5.90. The van der Waals surface area contributed by atoms with Crippen LogP contribution in [0, 0.1) is 0 Å². The highest BCUT2D eigenvalue weighted by Gasteiger charge is 2.25. The third-order valence-electron chi connectivity index (χ3n) is 3.28. The van der Waals surface area contributed by atoms with Gasteiger partial charge in [0.2, 0.25) is 0 Å². The van der Waals surface area contributed by atoms with E-state index in [0.717, 1.165) is 18.6 Å². The summed E-state index contributed by atoms with van der Waals surface area (Å²) in [7, 11) is 0. The smallest absolute Gasteiger partial charge is 0.0700 e. The minimum atomic E-state index is 0.249. The quantitative estimate of drug-likeness (QED) is 0.904. The van der Waals surface area contributed by atoms with Gasteiger partial charge in [-0.15, -0.1) is 0 Å². The molecule has 17 heavy (non-hydrogen) atoms. The number of hydrogen-bond donors (Lipinski definition) is 1. The van der Waals surface area contributed by atoms with Crippen molar-refractivity contribution in [3.05, 3.63) is 33.8 Å². The highest BCUT2D eigenvalue weighted by molar-refractivity contribution is 6.42. The SMILES string of the molecule is CC(NC1CCOC1C)c1ccc(Cl)c(Cl)c1.